The van der Waals surface area contributed by atoms with Crippen molar-refractivity contribution < 1.29 is 17.9 Å². The van der Waals surface area contributed by atoms with Gasteiger partial charge < -0.3 is 5.11 Å². The molecule has 0 amide bonds. The molecule has 3 aromatic carbocycles. The molecule has 1 atom stereocenters. The fourth-order valence-electron chi connectivity index (χ4n) is 3.69. The second kappa shape index (κ2) is 6.79. The molecule has 0 aromatic heterocycles. The topological polar surface area (TPSA) is 57.6 Å². The van der Waals surface area contributed by atoms with Crippen LogP contribution in [-0.4, -0.2) is 13.5 Å². The lowest BCUT2D eigenvalue weighted by molar-refractivity contribution is 0.475. The van der Waals surface area contributed by atoms with E-state index in [0.717, 1.165) is 11.1 Å². The molecule has 0 fully saturated rings. The van der Waals surface area contributed by atoms with Gasteiger partial charge in [-0.25, -0.2) is 12.8 Å². The molecule has 1 aliphatic rings. The van der Waals surface area contributed by atoms with Crippen LogP contribution in [0.2, 0.25) is 5.02 Å². The van der Waals surface area contributed by atoms with Crippen LogP contribution in [0.15, 0.2) is 65.6 Å². The number of phenols is 1. The number of anilines is 1. The lowest BCUT2D eigenvalue weighted by atomic mass is 9.88. The summed E-state index contributed by atoms with van der Waals surface area (Å²) < 4.78 is 42.5. The number of sulfonamides is 1. The Bertz CT molecular complexity index is 1180. The Hall–Kier alpha value is -2.57. The van der Waals surface area contributed by atoms with E-state index in [1.54, 1.807) is 18.2 Å². The first-order valence-electron chi connectivity index (χ1n) is 8.76. The van der Waals surface area contributed by atoms with Crippen molar-refractivity contribution in [2.24, 2.45) is 0 Å². The van der Waals surface area contributed by atoms with E-state index < -0.39 is 21.9 Å². The normalized spacial score (nSPS) is 15.8. The number of hydrogen-bond donors (Lipinski definition) is 1. The third kappa shape index (κ3) is 2.84. The highest BCUT2D eigenvalue weighted by molar-refractivity contribution is 7.92. The van der Waals surface area contributed by atoms with Crippen LogP contribution >= 0.6 is 11.6 Å². The number of para-hydroxylation sites is 1. The fraction of sp³-hybridized carbons (Fsp3) is 0.143. The number of phenolic OH excluding ortho intramolecular Hbond substituents is 1. The molecule has 0 radical (unpaired) electrons. The predicted molar refractivity (Wildman–Crippen MR) is 108 cm³/mol. The molecule has 0 bridgehead atoms. The first-order valence-corrected chi connectivity index (χ1v) is 10.6. The minimum Gasteiger partial charge on any atom is -0.506 e. The molecule has 1 aliphatic heterocycles. The third-order valence-corrected chi connectivity index (χ3v) is 7.07. The van der Waals surface area contributed by atoms with Crippen molar-refractivity contribution in [1.82, 2.24) is 0 Å². The number of fused-ring (bicyclic) bond motifs is 3. The quantitative estimate of drug-likeness (QED) is 0.611. The van der Waals surface area contributed by atoms with Crippen molar-refractivity contribution in [2.75, 3.05) is 4.31 Å². The van der Waals surface area contributed by atoms with Crippen LogP contribution in [0, 0.1) is 5.82 Å². The van der Waals surface area contributed by atoms with E-state index in [1.165, 1.54) is 34.6 Å². The highest BCUT2D eigenvalue weighted by Gasteiger charge is 2.38. The number of halogens is 2. The lowest BCUT2D eigenvalue weighted by Gasteiger charge is -2.39. The summed E-state index contributed by atoms with van der Waals surface area (Å²) in [7, 11) is -4.02. The van der Waals surface area contributed by atoms with E-state index in [9.17, 15) is 17.9 Å². The molecule has 0 saturated carbocycles. The van der Waals surface area contributed by atoms with E-state index in [4.69, 9.17) is 11.6 Å². The Labute approximate surface area is 167 Å². The van der Waals surface area contributed by atoms with Crippen molar-refractivity contribution in [3.8, 4) is 16.9 Å². The summed E-state index contributed by atoms with van der Waals surface area (Å²) >= 11 is 5.95. The summed E-state index contributed by atoms with van der Waals surface area (Å²) in [6, 6.07) is 14.8. The lowest BCUT2D eigenvalue weighted by Crippen LogP contribution is -2.37. The van der Waals surface area contributed by atoms with Crippen molar-refractivity contribution in [3.63, 3.8) is 0 Å². The Balaban J connectivity index is 1.99. The van der Waals surface area contributed by atoms with Gasteiger partial charge in [0, 0.05) is 5.56 Å². The van der Waals surface area contributed by atoms with Crippen LogP contribution < -0.4 is 4.31 Å². The van der Waals surface area contributed by atoms with Crippen molar-refractivity contribution in [3.05, 3.63) is 77.1 Å². The van der Waals surface area contributed by atoms with Gasteiger partial charge in [0.15, 0.2) is 0 Å². The second-order valence-electron chi connectivity index (χ2n) is 6.59. The molecular weight excluding hydrogens is 401 g/mol. The standard InChI is InChI=1S/C21H17ClFNO3S/c1-2-19-17-11-13(23)7-9-15(17)16-5-3-4-6-20(16)24(19)28(26,27)14-8-10-21(25)18(22)12-14/h3-12,19,25H,2H2,1H3. The van der Waals surface area contributed by atoms with E-state index in [0.29, 0.717) is 17.7 Å². The average Bonchev–Trinajstić information content (AvgIpc) is 2.68. The number of aromatic hydroxyl groups is 1. The van der Waals surface area contributed by atoms with E-state index >= 15 is 0 Å². The maximum atomic E-state index is 14.0. The number of benzene rings is 3. The summed E-state index contributed by atoms with van der Waals surface area (Å²) in [5.41, 5.74) is 2.68. The van der Waals surface area contributed by atoms with Gasteiger partial charge >= 0.3 is 0 Å². The summed E-state index contributed by atoms with van der Waals surface area (Å²) in [5, 5.41) is 9.60. The van der Waals surface area contributed by atoms with Gasteiger partial charge in [0.1, 0.15) is 11.6 Å². The number of hydrogen-bond acceptors (Lipinski definition) is 3. The number of nitrogens with zero attached hydrogens (tertiary/aromatic N) is 1. The molecule has 144 valence electrons. The van der Waals surface area contributed by atoms with Gasteiger partial charge in [-0.1, -0.05) is 42.8 Å². The highest BCUT2D eigenvalue weighted by atomic mass is 35.5. The van der Waals surface area contributed by atoms with E-state index in [1.807, 2.05) is 19.1 Å². The maximum Gasteiger partial charge on any atom is 0.264 e. The van der Waals surface area contributed by atoms with Gasteiger partial charge in [0.05, 0.1) is 21.6 Å². The van der Waals surface area contributed by atoms with Crippen molar-refractivity contribution >= 4 is 27.3 Å². The summed E-state index contributed by atoms with van der Waals surface area (Å²) in [5.74, 6) is -0.610. The van der Waals surface area contributed by atoms with E-state index in [2.05, 4.69) is 0 Å². The maximum absolute atomic E-state index is 14.0. The second-order valence-corrected chi connectivity index (χ2v) is 8.81. The molecule has 0 spiro atoms. The van der Waals surface area contributed by atoms with Crippen LogP contribution in [0.4, 0.5) is 10.1 Å². The fourth-order valence-corrected chi connectivity index (χ4v) is 5.68. The molecule has 4 nitrogen and oxygen atoms in total. The van der Waals surface area contributed by atoms with Crippen LogP contribution in [0.1, 0.15) is 24.9 Å². The zero-order chi connectivity index (χ0) is 20.1. The van der Waals surface area contributed by atoms with Gasteiger partial charge in [-0.3, -0.25) is 4.31 Å². The smallest absolute Gasteiger partial charge is 0.264 e. The van der Waals surface area contributed by atoms with Gasteiger partial charge in [0.2, 0.25) is 0 Å². The first-order chi connectivity index (χ1) is 13.3. The monoisotopic (exact) mass is 417 g/mol. The molecule has 1 unspecified atom stereocenters. The zero-order valence-electron chi connectivity index (χ0n) is 14.9. The summed E-state index contributed by atoms with van der Waals surface area (Å²) in [4.78, 5) is -0.0385. The molecule has 3 aromatic rings. The Kier molecular flexibility index (Phi) is 4.56. The first kappa shape index (κ1) is 18.8. The Morgan fingerprint density at radius 1 is 1.07 bits per heavy atom. The average molecular weight is 418 g/mol. The minimum atomic E-state index is -4.02. The molecule has 0 saturated heterocycles. The van der Waals surface area contributed by atoms with Gasteiger partial charge in [0.25, 0.3) is 10.0 Å². The molecule has 4 rings (SSSR count). The molecular formula is C21H17ClFNO3S. The van der Waals surface area contributed by atoms with Crippen molar-refractivity contribution in [1.29, 1.82) is 0 Å². The van der Waals surface area contributed by atoms with E-state index in [-0.39, 0.29) is 15.7 Å². The molecule has 1 N–H and O–H groups in total. The number of rotatable bonds is 3. The van der Waals surface area contributed by atoms with Crippen LogP contribution in [0.3, 0.4) is 0 Å². The van der Waals surface area contributed by atoms with Crippen LogP contribution in [0.5, 0.6) is 5.75 Å². The zero-order valence-corrected chi connectivity index (χ0v) is 16.5. The molecule has 0 aliphatic carbocycles. The Morgan fingerprint density at radius 2 is 1.82 bits per heavy atom. The van der Waals surface area contributed by atoms with Crippen molar-refractivity contribution in [2.45, 2.75) is 24.3 Å². The van der Waals surface area contributed by atoms with Gasteiger partial charge in [-0.15, -0.1) is 0 Å². The molecule has 28 heavy (non-hydrogen) atoms. The highest BCUT2D eigenvalue weighted by Crippen LogP contribution is 2.48. The largest absolute Gasteiger partial charge is 0.506 e. The van der Waals surface area contributed by atoms with Crippen LogP contribution in [-0.2, 0) is 10.0 Å². The summed E-state index contributed by atoms with van der Waals surface area (Å²) in [6.07, 6.45) is 0.454. The molecule has 1 heterocycles. The predicted octanol–water partition coefficient (Wildman–Crippen LogP) is 5.51. The summed E-state index contributed by atoms with van der Waals surface area (Å²) in [6.45, 7) is 1.86. The Morgan fingerprint density at radius 3 is 2.54 bits per heavy atom. The minimum absolute atomic E-state index is 0.0385. The molecule has 7 heteroatoms. The van der Waals surface area contributed by atoms with Gasteiger partial charge in [-0.2, -0.15) is 0 Å². The SMILES string of the molecule is CCC1c2cc(F)ccc2-c2ccccc2N1S(=O)(=O)c1ccc(O)c(Cl)c1. The third-order valence-electron chi connectivity index (χ3n) is 4.95. The van der Waals surface area contributed by atoms with Gasteiger partial charge in [-0.05, 0) is 53.9 Å². The van der Waals surface area contributed by atoms with Crippen LogP contribution in [0.25, 0.3) is 11.1 Å².